The van der Waals surface area contributed by atoms with Crippen LogP contribution >= 0.6 is 0 Å². The molecule has 0 aliphatic heterocycles. The van der Waals surface area contributed by atoms with Gasteiger partial charge in [0.25, 0.3) is 0 Å². The highest BCUT2D eigenvalue weighted by Crippen LogP contribution is 2.21. The van der Waals surface area contributed by atoms with Crippen LogP contribution in [0.1, 0.15) is 22.5 Å². The summed E-state index contributed by atoms with van der Waals surface area (Å²) in [5.41, 5.74) is 3.62. The van der Waals surface area contributed by atoms with Gasteiger partial charge < -0.3 is 10.4 Å². The van der Waals surface area contributed by atoms with Crippen molar-refractivity contribution in [2.45, 2.75) is 26.7 Å². The Morgan fingerprint density at radius 3 is 2.54 bits per heavy atom. The average molecular weight is 379 g/mol. The molecule has 1 unspecified atom stereocenters. The van der Waals surface area contributed by atoms with Gasteiger partial charge in [-0.3, -0.25) is 14.3 Å². The molecule has 1 amide bonds. The van der Waals surface area contributed by atoms with Crippen LogP contribution in [0.5, 0.6) is 0 Å². The molecule has 6 heteroatoms. The highest BCUT2D eigenvalue weighted by molar-refractivity contribution is 5.86. The number of carbonyl (C=O) groups is 2. The van der Waals surface area contributed by atoms with E-state index in [1.165, 1.54) is 0 Å². The Morgan fingerprint density at radius 1 is 1.14 bits per heavy atom. The topological polar surface area (TPSA) is 84.2 Å². The summed E-state index contributed by atoms with van der Waals surface area (Å²) in [6.45, 7) is 3.88. The maximum Gasteiger partial charge on any atom is 0.308 e. The first-order valence-corrected chi connectivity index (χ1v) is 9.32. The van der Waals surface area contributed by atoms with E-state index in [4.69, 9.17) is 0 Å². The number of carboxylic acids is 1. The number of carboxylic acid groups (broad SMARTS) is 1. The van der Waals surface area contributed by atoms with Gasteiger partial charge in [0.05, 0.1) is 18.0 Å². The zero-order valence-electron chi connectivity index (χ0n) is 16.4. The fraction of sp³-hybridized carbons (Fsp3) is 0.318. The third kappa shape index (κ3) is 4.22. The maximum atomic E-state index is 12.4. The molecule has 28 heavy (non-hydrogen) atoms. The minimum absolute atomic E-state index is 0.0930. The van der Waals surface area contributed by atoms with Crippen LogP contribution < -0.4 is 5.32 Å². The Kier molecular flexibility index (Phi) is 5.78. The van der Waals surface area contributed by atoms with E-state index in [1.54, 1.807) is 4.68 Å². The van der Waals surface area contributed by atoms with Gasteiger partial charge in [-0.05, 0) is 36.6 Å². The number of aryl methyl sites for hydroxylation is 2. The second-order valence-electron chi connectivity index (χ2n) is 7.13. The highest BCUT2D eigenvalue weighted by Gasteiger charge is 2.21. The Bertz CT molecular complexity index is 1020. The third-order valence-corrected chi connectivity index (χ3v) is 5.24. The lowest BCUT2D eigenvalue weighted by molar-refractivity contribution is -0.141. The number of carbonyl (C=O) groups excluding carboxylic acids is 1. The van der Waals surface area contributed by atoms with Gasteiger partial charge in [0.2, 0.25) is 5.91 Å². The zero-order valence-corrected chi connectivity index (χ0v) is 16.4. The molecule has 6 nitrogen and oxygen atoms in total. The molecule has 1 heterocycles. The van der Waals surface area contributed by atoms with Crippen LogP contribution in [0.25, 0.3) is 10.8 Å². The molecule has 2 N–H and O–H groups in total. The molecule has 0 saturated heterocycles. The third-order valence-electron chi connectivity index (χ3n) is 5.24. The molecule has 1 atom stereocenters. The fourth-order valence-electron chi connectivity index (χ4n) is 3.52. The van der Waals surface area contributed by atoms with Crippen LogP contribution in [0, 0.1) is 19.8 Å². The molecule has 1 aromatic heterocycles. The lowest BCUT2D eigenvalue weighted by atomic mass is 9.94. The molecular weight excluding hydrogens is 354 g/mol. The molecule has 3 rings (SSSR count). The number of benzene rings is 2. The second kappa shape index (κ2) is 8.25. The molecule has 0 aliphatic rings. The molecule has 146 valence electrons. The van der Waals surface area contributed by atoms with Crippen molar-refractivity contribution in [3.8, 4) is 0 Å². The fourth-order valence-corrected chi connectivity index (χ4v) is 3.52. The van der Waals surface area contributed by atoms with Crippen molar-refractivity contribution >= 4 is 22.6 Å². The molecule has 0 aliphatic carbocycles. The summed E-state index contributed by atoms with van der Waals surface area (Å²) in [6, 6.07) is 13.8. The van der Waals surface area contributed by atoms with Crippen molar-refractivity contribution in [2.75, 3.05) is 6.54 Å². The molecule has 0 saturated carbocycles. The van der Waals surface area contributed by atoms with E-state index in [1.807, 2.05) is 63.4 Å². The SMILES string of the molecule is Cc1nn(C)c(C)c1CC(=O)NCC(Cc1cccc2ccccc12)C(=O)O. The molecule has 0 radical (unpaired) electrons. The van der Waals surface area contributed by atoms with Crippen molar-refractivity contribution in [2.24, 2.45) is 13.0 Å². The van der Waals surface area contributed by atoms with Crippen molar-refractivity contribution in [1.29, 1.82) is 0 Å². The van der Waals surface area contributed by atoms with Crippen LogP contribution in [0.3, 0.4) is 0 Å². The number of hydrogen-bond donors (Lipinski definition) is 2. The summed E-state index contributed by atoms with van der Waals surface area (Å²) in [7, 11) is 1.84. The summed E-state index contributed by atoms with van der Waals surface area (Å²) in [5, 5.41) is 18.9. The number of fused-ring (bicyclic) bond motifs is 1. The number of nitrogens with one attached hydrogen (secondary N) is 1. The number of amides is 1. The van der Waals surface area contributed by atoms with Gasteiger partial charge in [0.1, 0.15) is 0 Å². The lowest BCUT2D eigenvalue weighted by Gasteiger charge is -2.15. The van der Waals surface area contributed by atoms with Gasteiger partial charge >= 0.3 is 5.97 Å². The smallest absolute Gasteiger partial charge is 0.308 e. The van der Waals surface area contributed by atoms with Gasteiger partial charge in [-0.15, -0.1) is 0 Å². The number of nitrogens with zero attached hydrogens (tertiary/aromatic N) is 2. The average Bonchev–Trinajstić information content (AvgIpc) is 2.91. The Hall–Kier alpha value is -3.15. The summed E-state index contributed by atoms with van der Waals surface area (Å²) in [4.78, 5) is 24.1. The van der Waals surface area contributed by atoms with E-state index in [9.17, 15) is 14.7 Å². The molecule has 0 spiro atoms. The van der Waals surface area contributed by atoms with Gasteiger partial charge in [-0.2, -0.15) is 5.10 Å². The minimum atomic E-state index is -0.915. The van der Waals surface area contributed by atoms with E-state index in [-0.39, 0.29) is 18.9 Å². The molecule has 2 aromatic carbocycles. The predicted molar refractivity (Wildman–Crippen MR) is 108 cm³/mol. The van der Waals surface area contributed by atoms with Crippen molar-refractivity contribution in [3.63, 3.8) is 0 Å². The Morgan fingerprint density at radius 2 is 1.86 bits per heavy atom. The molecule has 3 aromatic rings. The van der Waals surface area contributed by atoms with Crippen molar-refractivity contribution in [3.05, 3.63) is 65.0 Å². The highest BCUT2D eigenvalue weighted by atomic mass is 16.4. The maximum absolute atomic E-state index is 12.4. The minimum Gasteiger partial charge on any atom is -0.481 e. The Labute approximate surface area is 164 Å². The molecule has 0 bridgehead atoms. The number of aromatic nitrogens is 2. The quantitative estimate of drug-likeness (QED) is 0.661. The monoisotopic (exact) mass is 379 g/mol. The Balaban J connectivity index is 1.68. The van der Waals surface area contributed by atoms with Crippen LogP contribution in [-0.4, -0.2) is 33.3 Å². The lowest BCUT2D eigenvalue weighted by Crippen LogP contribution is -2.35. The van der Waals surface area contributed by atoms with Crippen LogP contribution in [-0.2, 0) is 29.5 Å². The number of aliphatic carboxylic acids is 1. The van der Waals surface area contributed by atoms with Gasteiger partial charge in [-0.25, -0.2) is 0 Å². The normalized spacial score (nSPS) is 12.1. The van der Waals surface area contributed by atoms with E-state index in [2.05, 4.69) is 10.4 Å². The van der Waals surface area contributed by atoms with Crippen LogP contribution in [0.15, 0.2) is 42.5 Å². The molecular formula is C22H25N3O3. The van der Waals surface area contributed by atoms with Crippen molar-refractivity contribution in [1.82, 2.24) is 15.1 Å². The zero-order chi connectivity index (χ0) is 20.3. The summed E-state index contributed by atoms with van der Waals surface area (Å²) < 4.78 is 1.75. The number of hydrogen-bond acceptors (Lipinski definition) is 3. The predicted octanol–water partition coefficient (Wildman–Crippen LogP) is 2.79. The number of rotatable bonds is 7. The first kappa shape index (κ1) is 19.6. The van der Waals surface area contributed by atoms with Crippen LogP contribution in [0.4, 0.5) is 0 Å². The van der Waals surface area contributed by atoms with Gasteiger partial charge in [0, 0.05) is 24.8 Å². The first-order valence-electron chi connectivity index (χ1n) is 9.32. The van der Waals surface area contributed by atoms with Gasteiger partial charge in [-0.1, -0.05) is 42.5 Å². The molecule has 0 fully saturated rings. The van der Waals surface area contributed by atoms with E-state index < -0.39 is 11.9 Å². The van der Waals surface area contributed by atoms with Gasteiger partial charge in [0.15, 0.2) is 0 Å². The summed E-state index contributed by atoms with van der Waals surface area (Å²) in [5.74, 6) is -1.80. The van der Waals surface area contributed by atoms with Crippen LogP contribution in [0.2, 0.25) is 0 Å². The van der Waals surface area contributed by atoms with E-state index in [0.29, 0.717) is 6.42 Å². The largest absolute Gasteiger partial charge is 0.481 e. The standard InChI is InChI=1S/C22H25N3O3/c1-14-20(15(2)25(3)24-14)12-21(26)23-13-18(22(27)28)11-17-9-6-8-16-7-4-5-10-19(16)17/h4-10,18H,11-13H2,1-3H3,(H,23,26)(H,27,28). The van der Waals surface area contributed by atoms with E-state index in [0.717, 1.165) is 33.3 Å². The van der Waals surface area contributed by atoms with Crippen molar-refractivity contribution < 1.29 is 14.7 Å². The first-order chi connectivity index (χ1) is 13.4. The summed E-state index contributed by atoms with van der Waals surface area (Å²) in [6.07, 6.45) is 0.564. The van der Waals surface area contributed by atoms with E-state index >= 15 is 0 Å². The summed E-state index contributed by atoms with van der Waals surface area (Å²) >= 11 is 0. The second-order valence-corrected chi connectivity index (χ2v) is 7.13.